The zero-order valence-corrected chi connectivity index (χ0v) is 10.1. The molecule has 0 aliphatic heterocycles. The Hall–Kier alpha value is -2.22. The predicted molar refractivity (Wildman–Crippen MR) is 61.5 cm³/mol. The van der Waals surface area contributed by atoms with Gasteiger partial charge in [0.25, 0.3) is 5.91 Å². The Morgan fingerprint density at radius 2 is 2.33 bits per heavy atom. The quantitative estimate of drug-likeness (QED) is 0.865. The Morgan fingerprint density at radius 3 is 2.89 bits per heavy atom. The Balaban J connectivity index is 2.05. The van der Waals surface area contributed by atoms with Gasteiger partial charge in [0, 0.05) is 17.6 Å². The van der Waals surface area contributed by atoms with Gasteiger partial charge in [-0.15, -0.1) is 11.3 Å². The largest absolute Gasteiger partial charge is 0.475 e. The van der Waals surface area contributed by atoms with Crippen LogP contribution in [0.5, 0.6) is 0 Å². The Labute approximate surface area is 105 Å². The number of nitrogens with zero attached hydrogens (tertiary/aromatic N) is 2. The Morgan fingerprint density at radius 1 is 1.56 bits per heavy atom. The van der Waals surface area contributed by atoms with E-state index >= 15 is 0 Å². The van der Waals surface area contributed by atoms with Crippen molar-refractivity contribution in [3.63, 3.8) is 0 Å². The number of carbonyl (C=O) groups is 2. The van der Waals surface area contributed by atoms with E-state index in [1.165, 1.54) is 11.3 Å². The van der Waals surface area contributed by atoms with Crippen molar-refractivity contribution < 1.29 is 19.2 Å². The van der Waals surface area contributed by atoms with Crippen LogP contribution in [0.4, 0.5) is 0 Å². The van der Waals surface area contributed by atoms with Gasteiger partial charge in [-0.25, -0.2) is 9.78 Å². The molecular formula is C10H9N3O4S. The second-order valence-corrected chi connectivity index (χ2v) is 4.37. The van der Waals surface area contributed by atoms with Crippen LogP contribution < -0.4 is 5.32 Å². The molecule has 0 spiro atoms. The summed E-state index contributed by atoms with van der Waals surface area (Å²) in [6, 6.07) is 0.800. The highest BCUT2D eigenvalue weighted by Crippen LogP contribution is 2.15. The fourth-order valence-electron chi connectivity index (χ4n) is 1.26. The van der Waals surface area contributed by atoms with Gasteiger partial charge < -0.3 is 14.9 Å². The van der Waals surface area contributed by atoms with Gasteiger partial charge >= 0.3 is 5.97 Å². The summed E-state index contributed by atoms with van der Waals surface area (Å²) in [5.41, 5.74) is -0.0733. The Bertz CT molecular complexity index is 563. The highest BCUT2D eigenvalue weighted by Gasteiger charge is 2.19. The van der Waals surface area contributed by atoms with Crippen LogP contribution in [0.1, 0.15) is 39.0 Å². The van der Waals surface area contributed by atoms with E-state index in [-0.39, 0.29) is 17.5 Å². The lowest BCUT2D eigenvalue weighted by molar-refractivity contribution is 0.0651. The maximum absolute atomic E-state index is 11.7. The van der Waals surface area contributed by atoms with Crippen LogP contribution in [0, 0.1) is 0 Å². The van der Waals surface area contributed by atoms with E-state index in [9.17, 15) is 9.59 Å². The van der Waals surface area contributed by atoms with Crippen molar-refractivity contribution in [1.82, 2.24) is 15.5 Å². The normalized spacial score (nSPS) is 12.1. The van der Waals surface area contributed by atoms with Crippen LogP contribution in [0.3, 0.4) is 0 Å². The summed E-state index contributed by atoms with van der Waals surface area (Å²) in [4.78, 5) is 26.4. The lowest BCUT2D eigenvalue weighted by Crippen LogP contribution is -2.26. The van der Waals surface area contributed by atoms with Crippen LogP contribution >= 0.6 is 11.3 Å². The number of hydrogen-bond donors (Lipinski definition) is 2. The van der Waals surface area contributed by atoms with Crippen molar-refractivity contribution in [3.05, 3.63) is 34.1 Å². The van der Waals surface area contributed by atoms with Crippen molar-refractivity contribution in [1.29, 1.82) is 0 Å². The summed E-state index contributed by atoms with van der Waals surface area (Å²) in [6.07, 6.45) is 1.64. The van der Waals surface area contributed by atoms with Gasteiger partial charge in [0.15, 0.2) is 5.69 Å². The SMILES string of the molecule is CC(NC(=O)c1cc(C(=O)O)on1)c1nccs1. The summed E-state index contributed by atoms with van der Waals surface area (Å²) >= 11 is 1.41. The number of amides is 1. The summed E-state index contributed by atoms with van der Waals surface area (Å²) < 4.78 is 4.50. The lowest BCUT2D eigenvalue weighted by atomic mass is 10.3. The number of hydrogen-bond acceptors (Lipinski definition) is 6. The maximum Gasteiger partial charge on any atom is 0.374 e. The molecule has 2 aromatic rings. The summed E-state index contributed by atoms with van der Waals surface area (Å²) in [6.45, 7) is 1.77. The number of aromatic nitrogens is 2. The molecule has 8 heteroatoms. The highest BCUT2D eigenvalue weighted by atomic mass is 32.1. The topological polar surface area (TPSA) is 105 Å². The molecule has 0 bridgehead atoms. The number of carbonyl (C=O) groups excluding carboxylic acids is 1. The van der Waals surface area contributed by atoms with Crippen molar-refractivity contribution in [2.45, 2.75) is 13.0 Å². The predicted octanol–water partition coefficient (Wildman–Crippen LogP) is 1.32. The van der Waals surface area contributed by atoms with Crippen LogP contribution in [0.25, 0.3) is 0 Å². The van der Waals surface area contributed by atoms with Gasteiger partial charge in [-0.2, -0.15) is 0 Å². The Kier molecular flexibility index (Phi) is 3.38. The van der Waals surface area contributed by atoms with E-state index in [0.717, 1.165) is 11.1 Å². The van der Waals surface area contributed by atoms with Crippen molar-refractivity contribution in [2.24, 2.45) is 0 Å². The van der Waals surface area contributed by atoms with Gasteiger partial charge in [0.2, 0.25) is 5.76 Å². The first kappa shape index (κ1) is 12.2. The van der Waals surface area contributed by atoms with E-state index in [0.29, 0.717) is 0 Å². The number of rotatable bonds is 4. The number of thiazole rings is 1. The number of aromatic carboxylic acids is 1. The molecule has 18 heavy (non-hydrogen) atoms. The molecule has 2 N–H and O–H groups in total. The third-order valence-electron chi connectivity index (χ3n) is 2.12. The molecule has 0 saturated carbocycles. The molecule has 2 aromatic heterocycles. The molecule has 2 heterocycles. The van der Waals surface area contributed by atoms with Crippen molar-refractivity contribution in [3.8, 4) is 0 Å². The lowest BCUT2D eigenvalue weighted by Gasteiger charge is -2.08. The first-order valence-electron chi connectivity index (χ1n) is 4.98. The van der Waals surface area contributed by atoms with E-state index in [4.69, 9.17) is 5.11 Å². The average molecular weight is 267 g/mol. The van der Waals surface area contributed by atoms with Crippen molar-refractivity contribution >= 4 is 23.2 Å². The molecule has 0 aliphatic rings. The number of carboxylic acids is 1. The summed E-state index contributed by atoms with van der Waals surface area (Å²) in [5, 5.41) is 17.2. The molecule has 1 amide bonds. The molecule has 0 radical (unpaired) electrons. The van der Waals surface area contributed by atoms with Crippen LogP contribution in [-0.2, 0) is 0 Å². The molecule has 2 rings (SSSR count). The third-order valence-corrected chi connectivity index (χ3v) is 3.08. The number of nitrogens with one attached hydrogen (secondary N) is 1. The first-order valence-corrected chi connectivity index (χ1v) is 5.86. The minimum Gasteiger partial charge on any atom is -0.475 e. The number of carboxylic acid groups (broad SMARTS) is 1. The van der Waals surface area contributed by atoms with E-state index in [1.807, 2.05) is 0 Å². The third kappa shape index (κ3) is 2.54. The van der Waals surface area contributed by atoms with Crippen LogP contribution in [0.2, 0.25) is 0 Å². The minimum atomic E-state index is -1.27. The minimum absolute atomic E-state index is 0.0733. The van der Waals surface area contributed by atoms with Crippen molar-refractivity contribution in [2.75, 3.05) is 0 Å². The van der Waals surface area contributed by atoms with Crippen LogP contribution in [0.15, 0.2) is 22.2 Å². The monoisotopic (exact) mass is 267 g/mol. The van der Waals surface area contributed by atoms with Gasteiger partial charge in [-0.1, -0.05) is 5.16 Å². The zero-order chi connectivity index (χ0) is 13.1. The first-order chi connectivity index (χ1) is 8.58. The second kappa shape index (κ2) is 4.96. The smallest absolute Gasteiger partial charge is 0.374 e. The van der Waals surface area contributed by atoms with Gasteiger partial charge in [-0.05, 0) is 6.92 Å². The fourth-order valence-corrected chi connectivity index (χ4v) is 1.91. The van der Waals surface area contributed by atoms with E-state index in [1.54, 1.807) is 18.5 Å². The molecule has 0 fully saturated rings. The molecule has 1 atom stereocenters. The zero-order valence-electron chi connectivity index (χ0n) is 9.28. The molecule has 0 aromatic carbocycles. The molecule has 94 valence electrons. The van der Waals surface area contributed by atoms with Gasteiger partial charge in [0.05, 0.1) is 6.04 Å². The molecule has 7 nitrogen and oxygen atoms in total. The molecule has 0 aliphatic carbocycles. The second-order valence-electron chi connectivity index (χ2n) is 3.45. The van der Waals surface area contributed by atoms with Gasteiger partial charge in [0.1, 0.15) is 5.01 Å². The highest BCUT2D eigenvalue weighted by molar-refractivity contribution is 7.09. The summed E-state index contributed by atoms with van der Waals surface area (Å²) in [5.74, 6) is -2.15. The molecular weight excluding hydrogens is 258 g/mol. The standard InChI is InChI=1S/C10H9N3O4S/c1-5(9-11-2-3-18-9)12-8(14)6-4-7(10(15)16)17-13-6/h2-5H,1H3,(H,12,14)(H,15,16). The van der Waals surface area contributed by atoms with Crippen LogP contribution in [-0.4, -0.2) is 27.1 Å². The van der Waals surface area contributed by atoms with E-state index in [2.05, 4.69) is 20.0 Å². The molecule has 1 unspecified atom stereocenters. The molecule has 0 saturated heterocycles. The fraction of sp³-hybridized carbons (Fsp3) is 0.200. The van der Waals surface area contributed by atoms with Gasteiger partial charge in [-0.3, -0.25) is 4.79 Å². The average Bonchev–Trinajstić information content (AvgIpc) is 3.00. The van der Waals surface area contributed by atoms with E-state index < -0.39 is 11.9 Å². The maximum atomic E-state index is 11.7. The summed E-state index contributed by atoms with van der Waals surface area (Å²) in [7, 11) is 0.